The molecule has 1 unspecified atom stereocenters. The van der Waals surface area contributed by atoms with E-state index >= 15 is 0 Å². The lowest BCUT2D eigenvalue weighted by Crippen LogP contribution is -2.45. The Labute approximate surface area is 217 Å². The summed E-state index contributed by atoms with van der Waals surface area (Å²) in [5.74, 6) is -2.22. The second-order valence-electron chi connectivity index (χ2n) is 9.43. The van der Waals surface area contributed by atoms with Gasteiger partial charge in [0, 0.05) is 37.7 Å². The number of hydroxylamine groups is 2. The molecule has 0 saturated carbocycles. The molecular formula is C30H33N3O4. The van der Waals surface area contributed by atoms with E-state index in [0.29, 0.717) is 13.0 Å². The Morgan fingerprint density at radius 3 is 2.22 bits per heavy atom. The quantitative estimate of drug-likeness (QED) is 0.449. The predicted molar refractivity (Wildman–Crippen MR) is 140 cm³/mol. The fraction of sp³-hybridized carbons (Fsp3) is 0.333. The first-order valence-electron chi connectivity index (χ1n) is 12.8. The highest BCUT2D eigenvalue weighted by molar-refractivity contribution is 5.82. The van der Waals surface area contributed by atoms with E-state index in [1.807, 2.05) is 72.8 Å². The molecule has 7 nitrogen and oxygen atoms in total. The maximum absolute atomic E-state index is 13.7. The number of rotatable bonds is 10. The molecule has 3 aromatic rings. The summed E-state index contributed by atoms with van der Waals surface area (Å²) in [6.07, 6.45) is 6.47. The minimum atomic E-state index is -0.723. The van der Waals surface area contributed by atoms with Crippen molar-refractivity contribution in [3.8, 4) is 0 Å². The molecule has 1 N–H and O–H groups in total. The van der Waals surface area contributed by atoms with Crippen LogP contribution in [0.25, 0.3) is 0 Å². The van der Waals surface area contributed by atoms with E-state index in [4.69, 9.17) is 4.84 Å². The Morgan fingerprint density at radius 2 is 1.62 bits per heavy atom. The van der Waals surface area contributed by atoms with E-state index in [1.165, 1.54) is 12.0 Å². The molecule has 0 aliphatic carbocycles. The number of hydrogen-bond acceptors (Lipinski definition) is 5. The maximum Gasteiger partial charge on any atom is 0.338 e. The summed E-state index contributed by atoms with van der Waals surface area (Å²) in [5, 5.41) is 4.03. The van der Waals surface area contributed by atoms with Crippen LogP contribution in [0.15, 0.2) is 85.2 Å². The molecule has 192 valence electrons. The Bertz CT molecular complexity index is 1130. The van der Waals surface area contributed by atoms with Gasteiger partial charge < -0.3 is 10.2 Å². The summed E-state index contributed by atoms with van der Waals surface area (Å²) >= 11 is 0. The number of aromatic nitrogens is 1. The fourth-order valence-corrected chi connectivity index (χ4v) is 4.91. The van der Waals surface area contributed by atoms with Crippen molar-refractivity contribution in [1.29, 1.82) is 0 Å². The zero-order valence-corrected chi connectivity index (χ0v) is 21.1. The SMILES string of the molecule is CC(=O)NCC(C(=O)ON1CCC[C@@H](CCc2ccncc2)C1=O)C(c1ccccc1)c1ccccc1. The zero-order chi connectivity index (χ0) is 26.0. The Morgan fingerprint density at radius 1 is 1.00 bits per heavy atom. The lowest BCUT2D eigenvalue weighted by molar-refractivity contribution is -0.209. The van der Waals surface area contributed by atoms with Crippen molar-refractivity contribution in [1.82, 2.24) is 15.4 Å². The molecule has 4 rings (SSSR count). The number of pyridine rings is 1. The normalized spacial score (nSPS) is 16.3. The first-order valence-corrected chi connectivity index (χ1v) is 12.8. The molecule has 1 aliphatic heterocycles. The smallest absolute Gasteiger partial charge is 0.338 e. The Balaban J connectivity index is 1.53. The lowest BCUT2D eigenvalue weighted by atomic mass is 9.80. The van der Waals surface area contributed by atoms with Crippen LogP contribution in [0.3, 0.4) is 0 Å². The lowest BCUT2D eigenvalue weighted by Gasteiger charge is -2.33. The monoisotopic (exact) mass is 499 g/mol. The summed E-state index contributed by atoms with van der Waals surface area (Å²) in [6.45, 7) is 1.88. The van der Waals surface area contributed by atoms with Gasteiger partial charge in [-0.2, -0.15) is 5.06 Å². The second-order valence-corrected chi connectivity index (χ2v) is 9.43. The third-order valence-electron chi connectivity index (χ3n) is 6.83. The maximum atomic E-state index is 13.7. The third kappa shape index (κ3) is 7.03. The number of nitrogens with zero attached hydrogens (tertiary/aromatic N) is 2. The molecule has 0 bridgehead atoms. The van der Waals surface area contributed by atoms with Gasteiger partial charge in [-0.1, -0.05) is 60.7 Å². The molecule has 1 saturated heterocycles. The molecule has 1 aliphatic rings. The van der Waals surface area contributed by atoms with Gasteiger partial charge in [-0.05, 0) is 54.5 Å². The van der Waals surface area contributed by atoms with Gasteiger partial charge >= 0.3 is 5.97 Å². The van der Waals surface area contributed by atoms with Gasteiger partial charge in [0.25, 0.3) is 5.91 Å². The van der Waals surface area contributed by atoms with E-state index in [9.17, 15) is 14.4 Å². The van der Waals surface area contributed by atoms with Crippen LogP contribution in [0.2, 0.25) is 0 Å². The Kier molecular flexibility index (Phi) is 9.03. The van der Waals surface area contributed by atoms with Gasteiger partial charge in [-0.3, -0.25) is 14.6 Å². The van der Waals surface area contributed by atoms with Crippen LogP contribution in [-0.4, -0.2) is 40.9 Å². The van der Waals surface area contributed by atoms with Crippen LogP contribution in [-0.2, 0) is 25.6 Å². The number of carbonyl (C=O) groups excluding carboxylic acids is 3. The van der Waals surface area contributed by atoms with Crippen molar-refractivity contribution in [3.63, 3.8) is 0 Å². The number of piperidine rings is 1. The molecular weight excluding hydrogens is 466 g/mol. The molecule has 2 amide bonds. The highest BCUT2D eigenvalue weighted by Gasteiger charge is 2.37. The minimum Gasteiger partial charge on any atom is -0.355 e. The van der Waals surface area contributed by atoms with Gasteiger partial charge in [0.15, 0.2) is 0 Å². The van der Waals surface area contributed by atoms with Crippen molar-refractivity contribution < 1.29 is 19.2 Å². The molecule has 37 heavy (non-hydrogen) atoms. The van der Waals surface area contributed by atoms with E-state index in [0.717, 1.165) is 36.0 Å². The second kappa shape index (κ2) is 12.8. The zero-order valence-electron chi connectivity index (χ0n) is 21.1. The summed E-state index contributed by atoms with van der Waals surface area (Å²) in [5.41, 5.74) is 2.99. The van der Waals surface area contributed by atoms with Crippen molar-refractivity contribution in [2.45, 2.75) is 38.5 Å². The van der Waals surface area contributed by atoms with Gasteiger partial charge in [0.1, 0.15) is 0 Å². The first-order chi connectivity index (χ1) is 18.0. The van der Waals surface area contributed by atoms with Crippen LogP contribution in [0.1, 0.15) is 48.8 Å². The van der Waals surface area contributed by atoms with E-state index in [1.54, 1.807) is 12.4 Å². The molecule has 0 radical (unpaired) electrons. The highest BCUT2D eigenvalue weighted by atomic mass is 16.7. The topological polar surface area (TPSA) is 88.6 Å². The molecule has 7 heteroatoms. The van der Waals surface area contributed by atoms with E-state index < -0.39 is 11.9 Å². The summed E-state index contributed by atoms with van der Waals surface area (Å²) < 4.78 is 0. The minimum absolute atomic E-state index is 0.0934. The van der Waals surface area contributed by atoms with Gasteiger partial charge in [-0.15, -0.1) is 0 Å². The van der Waals surface area contributed by atoms with E-state index in [-0.39, 0.29) is 30.2 Å². The van der Waals surface area contributed by atoms with Crippen molar-refractivity contribution in [2.24, 2.45) is 11.8 Å². The standard InChI is InChI=1S/C30H33N3O4/c1-22(34)32-21-27(28(24-9-4-2-5-10-24)25-11-6-3-7-12-25)30(36)37-33-20-8-13-26(29(33)35)15-14-23-16-18-31-19-17-23/h2-7,9-12,16-19,26-28H,8,13-15,20-21H2,1H3,(H,32,34)/t26-,27?/m0/s1. The highest BCUT2D eigenvalue weighted by Crippen LogP contribution is 2.33. The molecule has 0 spiro atoms. The number of carbonyl (C=O) groups is 3. The summed E-state index contributed by atoms with van der Waals surface area (Å²) in [7, 11) is 0. The van der Waals surface area contributed by atoms with Crippen molar-refractivity contribution in [2.75, 3.05) is 13.1 Å². The molecule has 2 atom stereocenters. The van der Waals surface area contributed by atoms with Crippen LogP contribution >= 0.6 is 0 Å². The molecule has 1 fully saturated rings. The summed E-state index contributed by atoms with van der Waals surface area (Å²) in [4.78, 5) is 48.6. The number of hydrogen-bond donors (Lipinski definition) is 1. The van der Waals surface area contributed by atoms with Crippen molar-refractivity contribution in [3.05, 3.63) is 102 Å². The molecule has 1 aromatic heterocycles. The molecule has 2 aromatic carbocycles. The summed E-state index contributed by atoms with van der Waals surface area (Å²) in [6, 6.07) is 23.3. The average Bonchev–Trinajstić information content (AvgIpc) is 2.93. The number of nitrogens with one attached hydrogen (secondary N) is 1. The molecule has 2 heterocycles. The average molecular weight is 500 g/mol. The van der Waals surface area contributed by atoms with Crippen LogP contribution < -0.4 is 5.32 Å². The van der Waals surface area contributed by atoms with Crippen LogP contribution in [0, 0.1) is 11.8 Å². The van der Waals surface area contributed by atoms with Gasteiger partial charge in [-0.25, -0.2) is 4.79 Å². The Hall–Kier alpha value is -4.00. The number of benzene rings is 2. The first kappa shape index (κ1) is 26.1. The van der Waals surface area contributed by atoms with Gasteiger partial charge in [0.2, 0.25) is 5.91 Å². The number of aryl methyl sites for hydroxylation is 1. The van der Waals surface area contributed by atoms with Gasteiger partial charge in [0.05, 0.1) is 12.5 Å². The number of amides is 2. The van der Waals surface area contributed by atoms with E-state index in [2.05, 4.69) is 10.3 Å². The largest absolute Gasteiger partial charge is 0.355 e. The van der Waals surface area contributed by atoms with Crippen LogP contribution in [0.4, 0.5) is 0 Å². The predicted octanol–water partition coefficient (Wildman–Crippen LogP) is 4.30. The third-order valence-corrected chi connectivity index (χ3v) is 6.83. The van der Waals surface area contributed by atoms with Crippen molar-refractivity contribution >= 4 is 17.8 Å². The van der Waals surface area contributed by atoms with Crippen LogP contribution in [0.5, 0.6) is 0 Å². The fourth-order valence-electron chi connectivity index (χ4n) is 4.91.